The Labute approximate surface area is 92.8 Å². The van der Waals surface area contributed by atoms with E-state index in [2.05, 4.69) is 6.92 Å². The molecule has 0 aliphatic carbocycles. The molecule has 4 nitrogen and oxygen atoms in total. The first-order chi connectivity index (χ1) is 7.26. The zero-order chi connectivity index (χ0) is 11.5. The van der Waals surface area contributed by atoms with E-state index in [1.54, 1.807) is 7.11 Å². The van der Waals surface area contributed by atoms with E-state index in [0.717, 1.165) is 32.4 Å². The molecule has 15 heavy (non-hydrogen) atoms. The summed E-state index contributed by atoms with van der Waals surface area (Å²) in [5, 5.41) is 0. The zero-order valence-electron chi connectivity index (χ0n) is 10.00. The maximum atomic E-state index is 11.7. The summed E-state index contributed by atoms with van der Waals surface area (Å²) in [7, 11) is 1.66. The van der Waals surface area contributed by atoms with E-state index >= 15 is 0 Å². The monoisotopic (exact) mass is 216 g/mol. The first-order valence-electron chi connectivity index (χ1n) is 5.73. The standard InChI is InChI=1S/C11H24N2O2/c1-3-8-13(9-5-7-12)11(14)6-4-10-15-2/h3-10,12H2,1-2H3. The number of hydrogen-bond acceptors (Lipinski definition) is 3. The van der Waals surface area contributed by atoms with Gasteiger partial charge in [0.25, 0.3) is 0 Å². The van der Waals surface area contributed by atoms with Gasteiger partial charge < -0.3 is 15.4 Å². The molecule has 0 unspecified atom stereocenters. The number of carbonyl (C=O) groups excluding carboxylic acids is 1. The summed E-state index contributed by atoms with van der Waals surface area (Å²) in [5.74, 6) is 0.224. The number of methoxy groups -OCH3 is 1. The summed E-state index contributed by atoms with van der Waals surface area (Å²) >= 11 is 0. The Bertz CT molecular complexity index is 163. The number of amides is 1. The first kappa shape index (κ1) is 14.4. The normalized spacial score (nSPS) is 10.3. The topological polar surface area (TPSA) is 55.6 Å². The molecule has 1 amide bonds. The third-order valence-electron chi connectivity index (χ3n) is 2.22. The van der Waals surface area contributed by atoms with Gasteiger partial charge in [-0.15, -0.1) is 0 Å². The highest BCUT2D eigenvalue weighted by Gasteiger charge is 2.10. The number of hydrogen-bond donors (Lipinski definition) is 1. The molecule has 0 fully saturated rings. The number of carbonyl (C=O) groups is 1. The van der Waals surface area contributed by atoms with Gasteiger partial charge in [0.15, 0.2) is 0 Å². The quantitative estimate of drug-likeness (QED) is 0.585. The van der Waals surface area contributed by atoms with Crippen LogP contribution in [-0.2, 0) is 9.53 Å². The van der Waals surface area contributed by atoms with Gasteiger partial charge in [0, 0.05) is 33.2 Å². The van der Waals surface area contributed by atoms with Crippen molar-refractivity contribution in [1.82, 2.24) is 4.90 Å². The van der Waals surface area contributed by atoms with Gasteiger partial charge in [0.1, 0.15) is 0 Å². The van der Waals surface area contributed by atoms with Crippen LogP contribution in [0.2, 0.25) is 0 Å². The van der Waals surface area contributed by atoms with Gasteiger partial charge in [0.05, 0.1) is 0 Å². The lowest BCUT2D eigenvalue weighted by Crippen LogP contribution is -2.33. The van der Waals surface area contributed by atoms with Crippen molar-refractivity contribution in [3.63, 3.8) is 0 Å². The van der Waals surface area contributed by atoms with Crippen LogP contribution in [0.25, 0.3) is 0 Å². The lowest BCUT2D eigenvalue weighted by molar-refractivity contribution is -0.131. The fourth-order valence-corrected chi connectivity index (χ4v) is 1.44. The second-order valence-corrected chi connectivity index (χ2v) is 3.62. The van der Waals surface area contributed by atoms with Crippen molar-refractivity contribution in [1.29, 1.82) is 0 Å². The van der Waals surface area contributed by atoms with Gasteiger partial charge in [-0.05, 0) is 25.8 Å². The molecule has 0 saturated heterocycles. The largest absolute Gasteiger partial charge is 0.385 e. The van der Waals surface area contributed by atoms with Gasteiger partial charge in [-0.2, -0.15) is 0 Å². The lowest BCUT2D eigenvalue weighted by Gasteiger charge is -2.21. The molecule has 2 N–H and O–H groups in total. The number of nitrogens with zero attached hydrogens (tertiary/aromatic N) is 1. The molecule has 0 spiro atoms. The van der Waals surface area contributed by atoms with Gasteiger partial charge >= 0.3 is 0 Å². The maximum absolute atomic E-state index is 11.7. The minimum absolute atomic E-state index is 0.224. The van der Waals surface area contributed by atoms with Crippen LogP contribution in [0.15, 0.2) is 0 Å². The smallest absolute Gasteiger partial charge is 0.222 e. The number of ether oxygens (including phenoxy) is 1. The molecule has 0 rings (SSSR count). The third kappa shape index (κ3) is 7.33. The predicted molar refractivity (Wildman–Crippen MR) is 61.7 cm³/mol. The Hall–Kier alpha value is -0.610. The summed E-state index contributed by atoms with van der Waals surface area (Å²) < 4.78 is 4.92. The Morgan fingerprint density at radius 2 is 2.07 bits per heavy atom. The Morgan fingerprint density at radius 1 is 1.33 bits per heavy atom. The van der Waals surface area contributed by atoms with Crippen molar-refractivity contribution < 1.29 is 9.53 Å². The van der Waals surface area contributed by atoms with E-state index in [-0.39, 0.29) is 5.91 Å². The average molecular weight is 216 g/mol. The van der Waals surface area contributed by atoms with E-state index in [1.165, 1.54) is 0 Å². The van der Waals surface area contributed by atoms with E-state index in [9.17, 15) is 4.79 Å². The van der Waals surface area contributed by atoms with Gasteiger partial charge in [-0.25, -0.2) is 0 Å². The molecule has 4 heteroatoms. The fourth-order valence-electron chi connectivity index (χ4n) is 1.44. The number of rotatable bonds is 9. The van der Waals surface area contributed by atoms with E-state index in [0.29, 0.717) is 19.6 Å². The van der Waals surface area contributed by atoms with Crippen molar-refractivity contribution in [3.05, 3.63) is 0 Å². The molecular weight excluding hydrogens is 192 g/mol. The highest BCUT2D eigenvalue weighted by molar-refractivity contribution is 5.76. The van der Waals surface area contributed by atoms with Crippen molar-refractivity contribution in [2.24, 2.45) is 5.73 Å². The van der Waals surface area contributed by atoms with Crippen LogP contribution in [0.3, 0.4) is 0 Å². The minimum Gasteiger partial charge on any atom is -0.385 e. The minimum atomic E-state index is 0.224. The predicted octanol–water partition coefficient (Wildman–Crippen LogP) is 1.00. The van der Waals surface area contributed by atoms with Gasteiger partial charge in [0.2, 0.25) is 5.91 Å². The SMILES string of the molecule is CCCN(CCCN)C(=O)CCCOC. The summed E-state index contributed by atoms with van der Waals surface area (Å²) in [6, 6.07) is 0. The molecule has 0 aliphatic heterocycles. The molecular formula is C11H24N2O2. The van der Waals surface area contributed by atoms with E-state index < -0.39 is 0 Å². The fraction of sp³-hybridized carbons (Fsp3) is 0.909. The molecule has 0 aliphatic rings. The summed E-state index contributed by atoms with van der Waals surface area (Å²) in [6.07, 6.45) is 3.27. The van der Waals surface area contributed by atoms with Crippen LogP contribution < -0.4 is 5.73 Å². The molecule has 90 valence electrons. The maximum Gasteiger partial charge on any atom is 0.222 e. The van der Waals surface area contributed by atoms with Gasteiger partial charge in [-0.1, -0.05) is 6.92 Å². The highest BCUT2D eigenvalue weighted by Crippen LogP contribution is 2.01. The van der Waals surface area contributed by atoms with Gasteiger partial charge in [-0.3, -0.25) is 4.79 Å². The second kappa shape index (κ2) is 9.93. The van der Waals surface area contributed by atoms with Crippen LogP contribution in [0.4, 0.5) is 0 Å². The van der Waals surface area contributed by atoms with Crippen LogP contribution in [-0.4, -0.2) is 44.2 Å². The Balaban J connectivity index is 3.81. The van der Waals surface area contributed by atoms with Crippen molar-refractivity contribution in [2.75, 3.05) is 33.4 Å². The average Bonchev–Trinajstić information content (AvgIpc) is 2.24. The summed E-state index contributed by atoms with van der Waals surface area (Å²) in [6.45, 7) is 5.01. The molecule has 0 aromatic carbocycles. The molecule has 0 bridgehead atoms. The summed E-state index contributed by atoms with van der Waals surface area (Å²) in [4.78, 5) is 13.6. The molecule has 0 radical (unpaired) electrons. The molecule has 0 aromatic heterocycles. The van der Waals surface area contributed by atoms with E-state index in [4.69, 9.17) is 10.5 Å². The van der Waals surface area contributed by atoms with E-state index in [1.807, 2.05) is 4.90 Å². The Kier molecular flexibility index (Phi) is 9.52. The van der Waals surface area contributed by atoms with Crippen molar-refractivity contribution >= 4 is 5.91 Å². The Morgan fingerprint density at radius 3 is 2.60 bits per heavy atom. The number of nitrogens with two attached hydrogens (primary N) is 1. The lowest BCUT2D eigenvalue weighted by atomic mass is 10.2. The zero-order valence-corrected chi connectivity index (χ0v) is 10.00. The first-order valence-corrected chi connectivity index (χ1v) is 5.73. The second-order valence-electron chi connectivity index (χ2n) is 3.62. The highest BCUT2D eigenvalue weighted by atomic mass is 16.5. The molecule has 0 aromatic rings. The molecule has 0 atom stereocenters. The third-order valence-corrected chi connectivity index (χ3v) is 2.22. The molecule has 0 heterocycles. The molecule has 0 saturated carbocycles. The van der Waals surface area contributed by atoms with Crippen LogP contribution >= 0.6 is 0 Å². The van der Waals surface area contributed by atoms with Crippen molar-refractivity contribution in [3.8, 4) is 0 Å². The van der Waals surface area contributed by atoms with Crippen molar-refractivity contribution in [2.45, 2.75) is 32.6 Å². The van der Waals surface area contributed by atoms with Crippen LogP contribution in [0.5, 0.6) is 0 Å². The van der Waals surface area contributed by atoms with Crippen LogP contribution in [0.1, 0.15) is 32.6 Å². The van der Waals surface area contributed by atoms with Crippen LogP contribution in [0, 0.1) is 0 Å². The summed E-state index contributed by atoms with van der Waals surface area (Å²) in [5.41, 5.74) is 5.44.